The summed E-state index contributed by atoms with van der Waals surface area (Å²) in [7, 11) is 0. The third-order valence-corrected chi connectivity index (χ3v) is 6.12. The van der Waals surface area contributed by atoms with E-state index in [9.17, 15) is 14.7 Å². The molecule has 0 aliphatic carbocycles. The van der Waals surface area contributed by atoms with Crippen molar-refractivity contribution in [2.75, 3.05) is 38.0 Å². The quantitative estimate of drug-likeness (QED) is 0.546. The predicted octanol–water partition coefficient (Wildman–Crippen LogP) is 0.904. The number of benzene rings is 1. The van der Waals surface area contributed by atoms with Gasteiger partial charge in [-0.2, -0.15) is 0 Å². The number of aliphatic hydroxyl groups excluding tert-OH is 1. The molecule has 0 bridgehead atoms. The van der Waals surface area contributed by atoms with Gasteiger partial charge in [-0.1, -0.05) is 38.1 Å². The van der Waals surface area contributed by atoms with E-state index in [0.29, 0.717) is 25.5 Å². The van der Waals surface area contributed by atoms with Crippen molar-refractivity contribution in [2.45, 2.75) is 39.0 Å². The Morgan fingerprint density at radius 3 is 2.70 bits per heavy atom. The number of aliphatic hydroxyl groups is 1. The van der Waals surface area contributed by atoms with Crippen molar-refractivity contribution in [1.29, 1.82) is 0 Å². The van der Waals surface area contributed by atoms with Gasteiger partial charge in [-0.15, -0.1) is 0 Å². The van der Waals surface area contributed by atoms with Gasteiger partial charge in [-0.3, -0.25) is 14.5 Å². The zero-order valence-electron chi connectivity index (χ0n) is 19.2. The van der Waals surface area contributed by atoms with E-state index in [1.54, 1.807) is 11.0 Å². The lowest BCUT2D eigenvalue weighted by Gasteiger charge is -2.40. The van der Waals surface area contributed by atoms with Crippen LogP contribution in [0.25, 0.3) is 0 Å². The molecule has 2 amide bonds. The number of carbonyl (C=O) groups is 2. The predicted molar refractivity (Wildman–Crippen MR) is 125 cm³/mol. The maximum atomic E-state index is 12.5. The second kappa shape index (κ2) is 10.3. The standard InChI is InChI=1S/C24H32N6O3/c1-16(2)24(33)30-12-19(13-30)28-22-9-21(26-15-27-22)23(32)25-10-20(31)14-29-8-7-17-5-3-4-6-18(17)11-29/h3-6,9,15-16,19-20,31H,7-8,10-14H2,1-2H3,(H,25,32)(H,26,27,28). The molecule has 0 spiro atoms. The monoisotopic (exact) mass is 452 g/mol. The number of aromatic nitrogens is 2. The van der Waals surface area contributed by atoms with Crippen molar-refractivity contribution in [1.82, 2.24) is 25.1 Å². The third-order valence-electron chi connectivity index (χ3n) is 6.12. The summed E-state index contributed by atoms with van der Waals surface area (Å²) >= 11 is 0. The first-order valence-electron chi connectivity index (χ1n) is 11.5. The van der Waals surface area contributed by atoms with E-state index in [4.69, 9.17) is 0 Å². The first kappa shape index (κ1) is 23.1. The number of likely N-dealkylation sites (tertiary alicyclic amines) is 1. The van der Waals surface area contributed by atoms with E-state index < -0.39 is 6.10 Å². The minimum absolute atomic E-state index is 0.0126. The van der Waals surface area contributed by atoms with Crippen molar-refractivity contribution >= 4 is 17.6 Å². The van der Waals surface area contributed by atoms with Gasteiger partial charge in [0, 0.05) is 51.3 Å². The van der Waals surface area contributed by atoms with E-state index in [1.807, 2.05) is 19.9 Å². The summed E-state index contributed by atoms with van der Waals surface area (Å²) in [4.78, 5) is 36.8. The number of rotatable bonds is 8. The zero-order chi connectivity index (χ0) is 23.4. The van der Waals surface area contributed by atoms with Crippen LogP contribution in [-0.4, -0.2) is 81.6 Å². The van der Waals surface area contributed by atoms with Gasteiger partial charge in [0.1, 0.15) is 17.8 Å². The molecule has 1 aromatic heterocycles. The summed E-state index contributed by atoms with van der Waals surface area (Å²) in [5, 5.41) is 16.4. The molecule has 176 valence electrons. The lowest BCUT2D eigenvalue weighted by Crippen LogP contribution is -2.58. The number of carbonyl (C=O) groups excluding carboxylic acids is 2. The SMILES string of the molecule is CC(C)C(=O)N1CC(Nc2cc(C(=O)NCC(O)CN3CCc4ccccc4C3)ncn2)C1. The molecule has 3 heterocycles. The van der Waals surface area contributed by atoms with E-state index in [-0.39, 0.29) is 36.0 Å². The molecule has 33 heavy (non-hydrogen) atoms. The number of amides is 2. The molecule has 0 radical (unpaired) electrons. The number of fused-ring (bicyclic) bond motifs is 1. The van der Waals surface area contributed by atoms with Crippen LogP contribution in [0.4, 0.5) is 5.82 Å². The van der Waals surface area contributed by atoms with E-state index >= 15 is 0 Å². The Balaban J connectivity index is 1.22. The van der Waals surface area contributed by atoms with Gasteiger partial charge in [-0.25, -0.2) is 9.97 Å². The number of nitrogens with one attached hydrogen (secondary N) is 2. The normalized spacial score (nSPS) is 17.3. The number of hydrogen-bond donors (Lipinski definition) is 3. The number of hydrogen-bond acceptors (Lipinski definition) is 7. The smallest absolute Gasteiger partial charge is 0.270 e. The van der Waals surface area contributed by atoms with Crippen molar-refractivity contribution in [3.8, 4) is 0 Å². The number of β-amino-alcohol motifs (C(OH)–C–C–N with tert-alkyl or cyclic N) is 1. The Bertz CT molecular complexity index is 992. The number of anilines is 1. The fourth-order valence-electron chi connectivity index (χ4n) is 4.26. The fourth-order valence-corrected chi connectivity index (χ4v) is 4.26. The summed E-state index contributed by atoms with van der Waals surface area (Å²) in [5.41, 5.74) is 2.90. The Labute approximate surface area is 194 Å². The summed E-state index contributed by atoms with van der Waals surface area (Å²) in [6.45, 7) is 7.37. The van der Waals surface area contributed by atoms with Crippen LogP contribution in [0.15, 0.2) is 36.7 Å². The largest absolute Gasteiger partial charge is 0.390 e. The molecule has 1 fully saturated rings. The molecule has 1 atom stereocenters. The van der Waals surface area contributed by atoms with Gasteiger partial charge >= 0.3 is 0 Å². The average molecular weight is 453 g/mol. The van der Waals surface area contributed by atoms with Gasteiger partial charge in [0.15, 0.2) is 0 Å². The first-order chi connectivity index (χ1) is 15.9. The fraction of sp³-hybridized carbons (Fsp3) is 0.500. The van der Waals surface area contributed by atoms with Crippen LogP contribution in [0.5, 0.6) is 0 Å². The maximum Gasteiger partial charge on any atom is 0.270 e. The van der Waals surface area contributed by atoms with Crippen molar-refractivity contribution in [3.05, 3.63) is 53.5 Å². The minimum atomic E-state index is -0.668. The Morgan fingerprint density at radius 2 is 1.94 bits per heavy atom. The number of nitrogens with zero attached hydrogens (tertiary/aromatic N) is 4. The van der Waals surface area contributed by atoms with Crippen molar-refractivity contribution in [2.24, 2.45) is 5.92 Å². The highest BCUT2D eigenvalue weighted by Crippen LogP contribution is 2.19. The molecule has 2 aliphatic rings. The zero-order valence-corrected chi connectivity index (χ0v) is 19.2. The first-order valence-corrected chi connectivity index (χ1v) is 11.5. The molecule has 2 aromatic rings. The molecule has 3 N–H and O–H groups in total. The van der Waals surface area contributed by atoms with Crippen LogP contribution in [0.3, 0.4) is 0 Å². The lowest BCUT2D eigenvalue weighted by molar-refractivity contribution is -0.138. The molecule has 2 aliphatic heterocycles. The second-order valence-electron chi connectivity index (χ2n) is 9.15. The third kappa shape index (κ3) is 5.85. The molecular formula is C24H32N6O3. The Kier molecular flexibility index (Phi) is 7.20. The van der Waals surface area contributed by atoms with Gasteiger partial charge in [0.2, 0.25) is 5.91 Å². The van der Waals surface area contributed by atoms with E-state index in [2.05, 4.69) is 43.7 Å². The summed E-state index contributed by atoms with van der Waals surface area (Å²) in [6, 6.07) is 10.1. The van der Waals surface area contributed by atoms with Crippen LogP contribution >= 0.6 is 0 Å². The van der Waals surface area contributed by atoms with Gasteiger partial charge in [0.05, 0.1) is 12.1 Å². The highest BCUT2D eigenvalue weighted by molar-refractivity contribution is 5.92. The van der Waals surface area contributed by atoms with Gasteiger partial charge < -0.3 is 20.6 Å². The summed E-state index contributed by atoms with van der Waals surface area (Å²) in [5.74, 6) is 0.322. The maximum absolute atomic E-state index is 12.5. The van der Waals surface area contributed by atoms with Crippen molar-refractivity contribution < 1.29 is 14.7 Å². The molecule has 1 unspecified atom stereocenters. The van der Waals surface area contributed by atoms with Gasteiger partial charge in [0.25, 0.3) is 5.91 Å². The Hall–Kier alpha value is -3.04. The molecule has 0 saturated carbocycles. The summed E-state index contributed by atoms with van der Waals surface area (Å²) < 4.78 is 0. The van der Waals surface area contributed by atoms with Crippen LogP contribution in [0, 0.1) is 5.92 Å². The average Bonchev–Trinajstić information content (AvgIpc) is 2.79. The van der Waals surface area contributed by atoms with Crippen LogP contribution < -0.4 is 10.6 Å². The van der Waals surface area contributed by atoms with Crippen LogP contribution in [-0.2, 0) is 17.8 Å². The summed E-state index contributed by atoms with van der Waals surface area (Å²) in [6.07, 6.45) is 1.64. The van der Waals surface area contributed by atoms with Crippen LogP contribution in [0.2, 0.25) is 0 Å². The van der Waals surface area contributed by atoms with E-state index in [0.717, 1.165) is 19.5 Å². The molecule has 9 heteroatoms. The molecule has 1 aromatic carbocycles. The molecule has 9 nitrogen and oxygen atoms in total. The molecular weight excluding hydrogens is 420 g/mol. The van der Waals surface area contributed by atoms with Gasteiger partial charge in [-0.05, 0) is 17.5 Å². The highest BCUT2D eigenvalue weighted by Gasteiger charge is 2.31. The Morgan fingerprint density at radius 1 is 1.18 bits per heavy atom. The topological polar surface area (TPSA) is 111 Å². The lowest BCUT2D eigenvalue weighted by atomic mass is 10.00. The van der Waals surface area contributed by atoms with Crippen molar-refractivity contribution in [3.63, 3.8) is 0 Å². The molecule has 4 rings (SSSR count). The second-order valence-corrected chi connectivity index (χ2v) is 9.15. The highest BCUT2D eigenvalue weighted by atomic mass is 16.3. The van der Waals surface area contributed by atoms with E-state index in [1.165, 1.54) is 17.5 Å². The minimum Gasteiger partial charge on any atom is -0.390 e. The molecule has 1 saturated heterocycles. The van der Waals surface area contributed by atoms with Crippen LogP contribution in [0.1, 0.15) is 35.5 Å².